The number of carbonyl (C=O) groups is 1. The number of nitrogens with zero attached hydrogens (tertiary/aromatic N) is 3. The minimum absolute atomic E-state index is 0.230. The highest BCUT2D eigenvalue weighted by Gasteiger charge is 2.45. The van der Waals surface area contributed by atoms with Gasteiger partial charge in [-0.15, -0.1) is 0 Å². The van der Waals surface area contributed by atoms with Crippen molar-refractivity contribution in [1.82, 2.24) is 10.1 Å². The number of hydrogen-bond acceptors (Lipinski definition) is 6. The van der Waals surface area contributed by atoms with Crippen LogP contribution < -0.4 is 4.90 Å². The first-order valence-electron chi connectivity index (χ1n) is 6.59. The third-order valence-corrected chi connectivity index (χ3v) is 3.80. The van der Waals surface area contributed by atoms with Crippen LogP contribution in [0, 0.1) is 0 Å². The molecule has 0 saturated carbocycles. The molecular formula is C13H21N3O5. The van der Waals surface area contributed by atoms with E-state index in [-0.39, 0.29) is 18.5 Å². The zero-order valence-corrected chi connectivity index (χ0v) is 12.9. The van der Waals surface area contributed by atoms with Crippen LogP contribution >= 0.6 is 0 Å². The van der Waals surface area contributed by atoms with Crippen LogP contribution in [0.4, 0.5) is 10.6 Å². The molecule has 2 amide bonds. The summed E-state index contributed by atoms with van der Waals surface area (Å²) in [6.07, 6.45) is -1.05. The fourth-order valence-corrected chi connectivity index (χ4v) is 2.16. The lowest BCUT2D eigenvalue weighted by Crippen LogP contribution is -2.39. The maximum atomic E-state index is 12.3. The Kier molecular flexibility index (Phi) is 4.22. The Morgan fingerprint density at radius 3 is 2.71 bits per heavy atom. The molecule has 2 atom stereocenters. The van der Waals surface area contributed by atoms with Crippen molar-refractivity contribution < 1.29 is 23.9 Å². The maximum absolute atomic E-state index is 12.3. The average molecular weight is 299 g/mol. The highest BCUT2D eigenvalue weighted by atomic mass is 16.5. The van der Waals surface area contributed by atoms with Crippen molar-refractivity contribution in [3.05, 3.63) is 11.8 Å². The van der Waals surface area contributed by atoms with Crippen molar-refractivity contribution in [1.29, 1.82) is 0 Å². The topological polar surface area (TPSA) is 88.3 Å². The number of rotatable bonds is 5. The molecule has 1 aromatic heterocycles. The Morgan fingerprint density at radius 2 is 2.14 bits per heavy atom. The molecule has 8 nitrogen and oxygen atoms in total. The Balaban J connectivity index is 2.28. The summed E-state index contributed by atoms with van der Waals surface area (Å²) < 4.78 is 15.6. The van der Waals surface area contributed by atoms with Gasteiger partial charge in [0.05, 0.1) is 6.61 Å². The smallest absolute Gasteiger partial charge is 0.328 e. The number of anilines is 1. The lowest BCUT2D eigenvalue weighted by Gasteiger charge is -2.20. The van der Waals surface area contributed by atoms with Crippen LogP contribution in [0.2, 0.25) is 0 Å². The van der Waals surface area contributed by atoms with Crippen molar-refractivity contribution in [2.24, 2.45) is 0 Å². The molecule has 0 radical (unpaired) electrons. The molecule has 1 saturated heterocycles. The van der Waals surface area contributed by atoms with Crippen LogP contribution in [0.3, 0.4) is 0 Å². The fourth-order valence-electron chi connectivity index (χ4n) is 2.16. The van der Waals surface area contributed by atoms with E-state index >= 15 is 0 Å². The van der Waals surface area contributed by atoms with E-state index in [1.54, 1.807) is 20.2 Å². The molecular weight excluding hydrogens is 278 g/mol. The summed E-state index contributed by atoms with van der Waals surface area (Å²) in [6, 6.07) is 0.769. The van der Waals surface area contributed by atoms with E-state index in [4.69, 9.17) is 14.0 Å². The van der Waals surface area contributed by atoms with Gasteiger partial charge >= 0.3 is 6.03 Å². The SMILES string of the molecule is COCC1C(O)N(c2cc(C(C)(C)OC)on2)C(=O)N1C. The van der Waals surface area contributed by atoms with Crippen LogP contribution in [-0.2, 0) is 15.1 Å². The van der Waals surface area contributed by atoms with Gasteiger partial charge < -0.3 is 24.0 Å². The maximum Gasteiger partial charge on any atom is 0.328 e. The van der Waals surface area contributed by atoms with Crippen LogP contribution in [0.15, 0.2) is 10.6 Å². The molecule has 2 rings (SSSR count). The van der Waals surface area contributed by atoms with E-state index in [1.807, 2.05) is 13.8 Å². The molecule has 0 bridgehead atoms. The summed E-state index contributed by atoms with van der Waals surface area (Å²) >= 11 is 0. The van der Waals surface area contributed by atoms with Crippen LogP contribution in [0.5, 0.6) is 0 Å². The molecule has 0 spiro atoms. The summed E-state index contributed by atoms with van der Waals surface area (Å²) in [5.41, 5.74) is -0.670. The first-order chi connectivity index (χ1) is 9.83. The molecule has 118 valence electrons. The lowest BCUT2D eigenvalue weighted by molar-refractivity contribution is -0.00346. The quantitative estimate of drug-likeness (QED) is 0.863. The number of ether oxygens (including phenoxy) is 2. The number of carbonyl (C=O) groups excluding carboxylic acids is 1. The number of aliphatic hydroxyl groups excluding tert-OH is 1. The summed E-state index contributed by atoms with van der Waals surface area (Å²) in [7, 11) is 4.68. The second-order valence-electron chi connectivity index (χ2n) is 5.46. The van der Waals surface area contributed by atoms with Crippen molar-refractivity contribution >= 4 is 11.8 Å². The van der Waals surface area contributed by atoms with Crippen molar-refractivity contribution in [3.8, 4) is 0 Å². The van der Waals surface area contributed by atoms with Gasteiger partial charge in [-0.1, -0.05) is 5.16 Å². The number of methoxy groups -OCH3 is 2. The van der Waals surface area contributed by atoms with Gasteiger partial charge in [-0.2, -0.15) is 0 Å². The van der Waals surface area contributed by atoms with Crippen molar-refractivity contribution in [2.75, 3.05) is 32.8 Å². The third-order valence-electron chi connectivity index (χ3n) is 3.80. The van der Waals surface area contributed by atoms with Gasteiger partial charge in [0.25, 0.3) is 0 Å². The second kappa shape index (κ2) is 5.63. The minimum Gasteiger partial charge on any atom is -0.382 e. The van der Waals surface area contributed by atoms with Crippen molar-refractivity contribution in [3.63, 3.8) is 0 Å². The highest BCUT2D eigenvalue weighted by Crippen LogP contribution is 2.31. The predicted molar refractivity (Wildman–Crippen MR) is 73.8 cm³/mol. The standard InChI is InChI=1S/C13H21N3O5/c1-13(2,20-5)9-6-10(14-21-9)16-11(17)8(7-19-4)15(3)12(16)18/h6,8,11,17H,7H2,1-5H3. The van der Waals surface area contributed by atoms with E-state index < -0.39 is 17.9 Å². The van der Waals surface area contributed by atoms with Crippen LogP contribution in [0.25, 0.3) is 0 Å². The Labute approximate surface area is 123 Å². The zero-order chi connectivity index (χ0) is 15.8. The number of amides is 2. The molecule has 1 fully saturated rings. The van der Waals surface area contributed by atoms with Gasteiger partial charge in [0.1, 0.15) is 11.6 Å². The molecule has 1 aromatic rings. The second-order valence-corrected chi connectivity index (χ2v) is 5.46. The number of aliphatic hydroxyl groups is 1. The normalized spacial score (nSPS) is 23.2. The van der Waals surface area contributed by atoms with Gasteiger partial charge in [-0.3, -0.25) is 0 Å². The molecule has 0 aromatic carbocycles. The van der Waals surface area contributed by atoms with Gasteiger partial charge in [0.15, 0.2) is 17.8 Å². The third kappa shape index (κ3) is 2.61. The van der Waals surface area contributed by atoms with Crippen LogP contribution in [0.1, 0.15) is 19.6 Å². The fraction of sp³-hybridized carbons (Fsp3) is 0.692. The molecule has 2 unspecified atom stereocenters. The van der Waals surface area contributed by atoms with E-state index in [9.17, 15) is 9.90 Å². The monoisotopic (exact) mass is 299 g/mol. The largest absolute Gasteiger partial charge is 0.382 e. The highest BCUT2D eigenvalue weighted by molar-refractivity contribution is 5.94. The number of likely N-dealkylation sites (N-methyl/N-ethyl adjacent to an activating group) is 1. The summed E-state index contributed by atoms with van der Waals surface area (Å²) in [6.45, 7) is 3.87. The Morgan fingerprint density at radius 1 is 1.48 bits per heavy atom. The molecule has 0 aliphatic carbocycles. The first kappa shape index (κ1) is 15.7. The van der Waals surface area contributed by atoms with E-state index in [0.717, 1.165) is 0 Å². The van der Waals surface area contributed by atoms with Crippen LogP contribution in [-0.4, -0.2) is 61.3 Å². The van der Waals surface area contributed by atoms with Gasteiger partial charge in [-0.05, 0) is 13.8 Å². The number of hydrogen-bond donors (Lipinski definition) is 1. The lowest BCUT2D eigenvalue weighted by atomic mass is 10.1. The summed E-state index contributed by atoms with van der Waals surface area (Å²) in [4.78, 5) is 14.9. The zero-order valence-electron chi connectivity index (χ0n) is 12.9. The number of urea groups is 1. The molecule has 1 N–H and O–H groups in total. The molecule has 8 heteroatoms. The van der Waals surface area contributed by atoms with E-state index in [0.29, 0.717) is 5.76 Å². The predicted octanol–water partition coefficient (Wildman–Crippen LogP) is 0.761. The molecule has 2 heterocycles. The van der Waals surface area contributed by atoms with Gasteiger partial charge in [-0.25, -0.2) is 9.69 Å². The molecule has 1 aliphatic rings. The number of aromatic nitrogens is 1. The first-order valence-corrected chi connectivity index (χ1v) is 6.59. The summed E-state index contributed by atoms with van der Waals surface area (Å²) in [5.74, 6) is 0.718. The van der Waals surface area contributed by atoms with E-state index in [2.05, 4.69) is 5.16 Å². The molecule has 1 aliphatic heterocycles. The minimum atomic E-state index is -1.05. The van der Waals surface area contributed by atoms with E-state index in [1.165, 1.54) is 16.9 Å². The average Bonchev–Trinajstić information content (AvgIpc) is 3.00. The van der Waals surface area contributed by atoms with Gasteiger partial charge in [0.2, 0.25) is 0 Å². The Bertz CT molecular complexity index is 516. The Hall–Kier alpha value is -1.64. The van der Waals surface area contributed by atoms with Gasteiger partial charge in [0, 0.05) is 27.3 Å². The molecule has 21 heavy (non-hydrogen) atoms. The summed E-state index contributed by atoms with van der Waals surface area (Å²) in [5, 5.41) is 14.2. The van der Waals surface area contributed by atoms with Crippen molar-refractivity contribution in [2.45, 2.75) is 31.7 Å².